The molecule has 120 valence electrons. The lowest BCUT2D eigenvalue weighted by Crippen LogP contribution is -1.96. The molecular formula is C20H18N2O2. The van der Waals surface area contributed by atoms with Gasteiger partial charge in [0.05, 0.1) is 12.6 Å². The molecule has 1 aromatic carbocycles. The smallest absolute Gasteiger partial charge is 0.269 e. The maximum absolute atomic E-state index is 8.99. The van der Waals surface area contributed by atoms with E-state index in [-0.39, 0.29) is 12.3 Å². The summed E-state index contributed by atoms with van der Waals surface area (Å²) in [6.07, 6.45) is 8.74. The number of benzene rings is 1. The molecule has 2 rings (SSSR count). The number of ether oxygens (including phenoxy) is 1. The van der Waals surface area contributed by atoms with Gasteiger partial charge in [-0.15, -0.1) is 0 Å². The summed E-state index contributed by atoms with van der Waals surface area (Å²) in [7, 11) is 0. The van der Waals surface area contributed by atoms with Crippen molar-refractivity contribution >= 4 is 6.08 Å². The van der Waals surface area contributed by atoms with Crippen molar-refractivity contribution < 1.29 is 9.84 Å². The van der Waals surface area contributed by atoms with Crippen LogP contribution in [0.15, 0.2) is 65.3 Å². The SMILES string of the molecule is [C-]#[N+]/C(C#N)=C1\C=C(C)OC(/C=C/c2ccc(CCCO)cc2)=C1. The van der Waals surface area contributed by atoms with E-state index in [0.717, 1.165) is 18.4 Å². The van der Waals surface area contributed by atoms with Crippen LogP contribution in [0.25, 0.3) is 10.9 Å². The van der Waals surface area contributed by atoms with Crippen molar-refractivity contribution in [1.82, 2.24) is 0 Å². The Kier molecular flexibility index (Phi) is 6.14. The minimum Gasteiger partial charge on any atom is -0.462 e. The fraction of sp³-hybridized carbons (Fsp3) is 0.200. The first-order valence-electron chi connectivity index (χ1n) is 7.64. The summed E-state index contributed by atoms with van der Waals surface area (Å²) >= 11 is 0. The summed E-state index contributed by atoms with van der Waals surface area (Å²) in [6, 6.07) is 9.98. The Morgan fingerprint density at radius 1 is 1.29 bits per heavy atom. The van der Waals surface area contributed by atoms with Crippen molar-refractivity contribution in [2.75, 3.05) is 6.61 Å². The average Bonchev–Trinajstić information content (AvgIpc) is 2.60. The van der Waals surface area contributed by atoms with Crippen LogP contribution in [-0.2, 0) is 11.2 Å². The van der Waals surface area contributed by atoms with Gasteiger partial charge < -0.3 is 9.84 Å². The zero-order chi connectivity index (χ0) is 17.4. The Labute approximate surface area is 142 Å². The Balaban J connectivity index is 2.15. The van der Waals surface area contributed by atoms with Crippen LogP contribution >= 0.6 is 0 Å². The second-order valence-corrected chi connectivity index (χ2v) is 5.33. The lowest BCUT2D eigenvalue weighted by molar-refractivity contribution is 0.288. The van der Waals surface area contributed by atoms with Crippen LogP contribution in [0.3, 0.4) is 0 Å². The van der Waals surface area contributed by atoms with Gasteiger partial charge in [-0.25, -0.2) is 10.1 Å². The van der Waals surface area contributed by atoms with Crippen molar-refractivity contribution in [1.29, 1.82) is 5.26 Å². The van der Waals surface area contributed by atoms with Crippen LogP contribution in [0, 0.1) is 17.9 Å². The van der Waals surface area contributed by atoms with Crippen molar-refractivity contribution in [2.45, 2.75) is 19.8 Å². The maximum Gasteiger partial charge on any atom is 0.269 e. The molecule has 1 aliphatic rings. The third-order valence-electron chi connectivity index (χ3n) is 3.47. The van der Waals surface area contributed by atoms with E-state index >= 15 is 0 Å². The molecule has 24 heavy (non-hydrogen) atoms. The Morgan fingerprint density at radius 2 is 2.04 bits per heavy atom. The summed E-state index contributed by atoms with van der Waals surface area (Å²) in [5.74, 6) is 1.23. The summed E-state index contributed by atoms with van der Waals surface area (Å²) in [5.41, 5.74) is 2.83. The number of aryl methyl sites for hydroxylation is 1. The molecule has 0 saturated heterocycles. The van der Waals surface area contributed by atoms with E-state index in [4.69, 9.17) is 21.7 Å². The summed E-state index contributed by atoms with van der Waals surface area (Å²) in [5, 5.41) is 17.8. The molecule has 4 nitrogen and oxygen atoms in total. The standard InChI is InChI=1S/C20H18N2O2/c1-15-12-18(20(14-21)22-2)13-19(24-15)10-9-17-7-5-16(6-8-17)4-3-11-23/h5-10,12-13,23H,3-4,11H2,1H3/b10-9+,20-18+. The molecule has 0 aliphatic carbocycles. The van der Waals surface area contributed by atoms with Gasteiger partial charge >= 0.3 is 0 Å². The molecule has 1 heterocycles. The summed E-state index contributed by atoms with van der Waals surface area (Å²) < 4.78 is 5.62. The molecule has 4 heteroatoms. The third-order valence-corrected chi connectivity index (χ3v) is 3.47. The quantitative estimate of drug-likeness (QED) is 0.655. The van der Waals surface area contributed by atoms with Crippen LogP contribution < -0.4 is 0 Å². The third kappa shape index (κ3) is 4.71. The number of rotatable bonds is 5. The van der Waals surface area contributed by atoms with Crippen LogP contribution in [0.4, 0.5) is 0 Å². The summed E-state index contributed by atoms with van der Waals surface area (Å²) in [4.78, 5) is 3.23. The predicted molar refractivity (Wildman–Crippen MR) is 93.0 cm³/mol. The van der Waals surface area contributed by atoms with E-state index in [1.54, 1.807) is 19.1 Å². The Bertz CT molecular complexity index is 782. The van der Waals surface area contributed by atoms with Gasteiger partial charge in [-0.2, -0.15) is 0 Å². The van der Waals surface area contributed by atoms with Crippen LogP contribution in [-0.4, -0.2) is 11.7 Å². The second kappa shape index (κ2) is 8.53. The Hall–Kier alpha value is -3.08. The summed E-state index contributed by atoms with van der Waals surface area (Å²) in [6.45, 7) is 9.03. The van der Waals surface area contributed by atoms with Crippen molar-refractivity contribution in [3.8, 4) is 6.07 Å². The highest BCUT2D eigenvalue weighted by atomic mass is 16.5. The lowest BCUT2D eigenvalue weighted by atomic mass is 10.1. The van der Waals surface area contributed by atoms with Crippen LogP contribution in [0.1, 0.15) is 24.5 Å². The molecule has 0 unspecified atom stereocenters. The van der Waals surface area contributed by atoms with Gasteiger partial charge in [0.1, 0.15) is 11.5 Å². The average molecular weight is 318 g/mol. The zero-order valence-corrected chi connectivity index (χ0v) is 13.5. The number of hydrogen-bond acceptors (Lipinski definition) is 3. The van der Waals surface area contributed by atoms with E-state index in [1.807, 2.05) is 42.5 Å². The highest BCUT2D eigenvalue weighted by molar-refractivity contribution is 5.56. The molecule has 0 spiro atoms. The van der Waals surface area contributed by atoms with E-state index in [2.05, 4.69) is 4.85 Å². The molecule has 1 aromatic rings. The number of aliphatic hydroxyl groups is 1. The highest BCUT2D eigenvalue weighted by Crippen LogP contribution is 2.23. The second-order valence-electron chi connectivity index (χ2n) is 5.33. The van der Waals surface area contributed by atoms with Gasteiger partial charge in [-0.3, -0.25) is 0 Å². The molecular weight excluding hydrogens is 300 g/mol. The number of nitrogens with zero attached hydrogens (tertiary/aromatic N) is 2. The molecule has 0 bridgehead atoms. The van der Waals surface area contributed by atoms with E-state index in [1.165, 1.54) is 5.56 Å². The molecule has 0 radical (unpaired) electrons. The zero-order valence-electron chi connectivity index (χ0n) is 13.5. The van der Waals surface area contributed by atoms with Gasteiger partial charge in [0.25, 0.3) is 5.70 Å². The first-order chi connectivity index (χ1) is 11.7. The molecule has 1 aliphatic heterocycles. The number of nitriles is 1. The molecule has 0 amide bonds. The molecule has 0 saturated carbocycles. The number of aliphatic hydroxyl groups excluding tert-OH is 1. The van der Waals surface area contributed by atoms with Gasteiger partial charge in [-0.05, 0) is 54.7 Å². The van der Waals surface area contributed by atoms with Crippen molar-refractivity contribution in [3.05, 3.63) is 87.8 Å². The van der Waals surface area contributed by atoms with Crippen molar-refractivity contribution in [3.63, 3.8) is 0 Å². The molecule has 0 aromatic heterocycles. The fourth-order valence-electron chi connectivity index (χ4n) is 2.29. The lowest BCUT2D eigenvalue weighted by Gasteiger charge is -2.13. The van der Waals surface area contributed by atoms with Crippen LogP contribution in [0.2, 0.25) is 0 Å². The maximum atomic E-state index is 8.99. The minimum absolute atomic E-state index is 0.0526. The monoisotopic (exact) mass is 318 g/mol. The fourth-order valence-corrected chi connectivity index (χ4v) is 2.29. The highest BCUT2D eigenvalue weighted by Gasteiger charge is 2.10. The van der Waals surface area contributed by atoms with Gasteiger partial charge in [0, 0.05) is 6.61 Å². The van der Waals surface area contributed by atoms with E-state index < -0.39 is 0 Å². The molecule has 0 fully saturated rings. The first-order valence-corrected chi connectivity index (χ1v) is 7.64. The number of hydrogen-bond donors (Lipinski definition) is 1. The predicted octanol–water partition coefficient (Wildman–Crippen LogP) is 4.14. The van der Waals surface area contributed by atoms with E-state index in [9.17, 15) is 0 Å². The van der Waals surface area contributed by atoms with Gasteiger partial charge in [0.15, 0.2) is 0 Å². The normalized spacial score (nSPS) is 15.8. The van der Waals surface area contributed by atoms with Crippen LogP contribution in [0.5, 0.6) is 0 Å². The number of allylic oxidation sites excluding steroid dienone is 6. The first kappa shape index (κ1) is 17.3. The van der Waals surface area contributed by atoms with Crippen molar-refractivity contribution in [2.24, 2.45) is 0 Å². The minimum atomic E-state index is 0.0526. The Morgan fingerprint density at radius 3 is 2.67 bits per heavy atom. The largest absolute Gasteiger partial charge is 0.462 e. The van der Waals surface area contributed by atoms with Gasteiger partial charge in [0.2, 0.25) is 0 Å². The molecule has 0 atom stereocenters. The molecule has 1 N–H and O–H groups in total. The topological polar surface area (TPSA) is 57.6 Å². The van der Waals surface area contributed by atoms with Gasteiger partial charge in [-0.1, -0.05) is 30.3 Å². The van der Waals surface area contributed by atoms with E-state index in [0.29, 0.717) is 17.1 Å².